The minimum absolute atomic E-state index is 0.228. The van der Waals surface area contributed by atoms with Gasteiger partial charge in [0.05, 0.1) is 31.0 Å². The van der Waals surface area contributed by atoms with Crippen molar-refractivity contribution in [1.29, 1.82) is 0 Å². The molecule has 0 saturated carbocycles. The molecule has 1 aliphatic heterocycles. The largest absolute Gasteiger partial charge is 0.497 e. The van der Waals surface area contributed by atoms with Gasteiger partial charge >= 0.3 is 0 Å². The van der Waals surface area contributed by atoms with Gasteiger partial charge in [0.15, 0.2) is 0 Å². The van der Waals surface area contributed by atoms with Gasteiger partial charge in [0.25, 0.3) is 11.8 Å². The summed E-state index contributed by atoms with van der Waals surface area (Å²) in [4.78, 5) is 25.8. The third kappa shape index (κ3) is 4.08. The summed E-state index contributed by atoms with van der Waals surface area (Å²) in [6.45, 7) is 0.366. The van der Waals surface area contributed by atoms with Gasteiger partial charge in [-0.25, -0.2) is 0 Å². The van der Waals surface area contributed by atoms with Gasteiger partial charge in [0.2, 0.25) is 0 Å². The first-order chi connectivity index (χ1) is 13.1. The Bertz CT molecular complexity index is 822. The molecular formula is C20H21N3O4. The molecule has 2 aromatic carbocycles. The molecule has 0 spiro atoms. The van der Waals surface area contributed by atoms with Crippen LogP contribution in [0.4, 0.5) is 5.69 Å². The molecule has 1 N–H and O–H groups in total. The number of rotatable bonds is 8. The summed E-state index contributed by atoms with van der Waals surface area (Å²) in [5, 5.41) is 4.16. The molecule has 7 heteroatoms. The van der Waals surface area contributed by atoms with Crippen molar-refractivity contribution in [1.82, 2.24) is 4.90 Å². The van der Waals surface area contributed by atoms with Gasteiger partial charge in [0.1, 0.15) is 11.5 Å². The van der Waals surface area contributed by atoms with Crippen LogP contribution in [0.25, 0.3) is 0 Å². The van der Waals surface area contributed by atoms with E-state index in [1.807, 2.05) is 0 Å². The van der Waals surface area contributed by atoms with Crippen LogP contribution in [0.2, 0.25) is 0 Å². The second-order valence-electron chi connectivity index (χ2n) is 5.97. The van der Waals surface area contributed by atoms with Gasteiger partial charge in [-0.3, -0.25) is 19.9 Å². The fourth-order valence-corrected chi connectivity index (χ4v) is 2.84. The van der Waals surface area contributed by atoms with E-state index in [1.54, 1.807) is 62.9 Å². The van der Waals surface area contributed by atoms with Crippen molar-refractivity contribution in [3.63, 3.8) is 0 Å². The summed E-state index contributed by atoms with van der Waals surface area (Å²) in [5.41, 5.74) is 4.61. The zero-order valence-corrected chi connectivity index (χ0v) is 15.3. The van der Waals surface area contributed by atoms with Gasteiger partial charge in [-0.15, -0.1) is 0 Å². The molecule has 0 atom stereocenters. The van der Waals surface area contributed by atoms with E-state index in [0.29, 0.717) is 42.0 Å². The number of carbonyl (C=O) groups is 2. The Morgan fingerprint density at radius 1 is 1.00 bits per heavy atom. The molecule has 140 valence electrons. The molecule has 0 unspecified atom stereocenters. The van der Waals surface area contributed by atoms with E-state index in [0.717, 1.165) is 5.69 Å². The summed E-state index contributed by atoms with van der Waals surface area (Å²) >= 11 is 0. The second kappa shape index (κ2) is 8.35. The van der Waals surface area contributed by atoms with E-state index in [1.165, 1.54) is 4.90 Å². The Balaban J connectivity index is 1.49. The second-order valence-corrected chi connectivity index (χ2v) is 5.97. The first kappa shape index (κ1) is 18.4. The summed E-state index contributed by atoms with van der Waals surface area (Å²) in [6, 6.07) is 12.3. The number of anilines is 1. The van der Waals surface area contributed by atoms with E-state index in [2.05, 4.69) is 10.5 Å². The topological polar surface area (TPSA) is 80.2 Å². The van der Waals surface area contributed by atoms with Gasteiger partial charge in [-0.2, -0.15) is 5.10 Å². The van der Waals surface area contributed by atoms with Gasteiger partial charge < -0.3 is 9.47 Å². The highest BCUT2D eigenvalue weighted by Gasteiger charge is 2.34. The number of imide groups is 1. The maximum Gasteiger partial charge on any atom is 0.261 e. The molecule has 3 rings (SSSR count). The molecular weight excluding hydrogens is 346 g/mol. The molecule has 7 nitrogen and oxygen atoms in total. The van der Waals surface area contributed by atoms with Crippen LogP contribution in [0.15, 0.2) is 47.6 Å². The maximum absolute atomic E-state index is 12.3. The van der Waals surface area contributed by atoms with E-state index >= 15 is 0 Å². The lowest BCUT2D eigenvalue weighted by atomic mass is 10.1. The molecule has 0 saturated heterocycles. The van der Waals surface area contributed by atoms with Crippen LogP contribution in [0, 0.1) is 0 Å². The lowest BCUT2D eigenvalue weighted by Crippen LogP contribution is -2.30. The Hall–Kier alpha value is -3.35. The summed E-state index contributed by atoms with van der Waals surface area (Å²) in [6.07, 6.45) is 2.98. The van der Waals surface area contributed by atoms with Crippen LogP contribution in [0.3, 0.4) is 0 Å². The van der Waals surface area contributed by atoms with Crippen LogP contribution in [0.5, 0.6) is 11.5 Å². The van der Waals surface area contributed by atoms with Gasteiger partial charge in [-0.1, -0.05) is 12.1 Å². The number of amides is 2. The fourth-order valence-electron chi connectivity index (χ4n) is 2.84. The quantitative estimate of drug-likeness (QED) is 0.335. The normalized spacial score (nSPS) is 13.2. The van der Waals surface area contributed by atoms with Gasteiger partial charge in [-0.05, 0) is 25.0 Å². The number of hydrogen-bond donors (Lipinski definition) is 1. The fraction of sp³-hybridized carbons (Fsp3) is 0.250. The molecule has 0 radical (unpaired) electrons. The van der Waals surface area contributed by atoms with Crippen molar-refractivity contribution in [2.45, 2.75) is 12.8 Å². The molecule has 1 aliphatic rings. The monoisotopic (exact) mass is 367 g/mol. The molecule has 2 aromatic rings. The van der Waals surface area contributed by atoms with Crippen molar-refractivity contribution in [3.8, 4) is 11.5 Å². The molecule has 0 bridgehead atoms. The number of carbonyl (C=O) groups excluding carboxylic acids is 2. The smallest absolute Gasteiger partial charge is 0.261 e. The Labute approximate surface area is 157 Å². The first-order valence-corrected chi connectivity index (χ1v) is 8.60. The zero-order valence-electron chi connectivity index (χ0n) is 15.3. The van der Waals surface area contributed by atoms with Crippen molar-refractivity contribution in [2.24, 2.45) is 5.10 Å². The van der Waals surface area contributed by atoms with Crippen molar-refractivity contribution in [2.75, 3.05) is 26.2 Å². The first-order valence-electron chi connectivity index (χ1n) is 8.60. The summed E-state index contributed by atoms with van der Waals surface area (Å²) < 4.78 is 10.4. The standard InChI is InChI=1S/C20H21N3O4/c1-26-15-11-14(12-16(13-15)27-2)22-21-9-5-6-10-23-19(24)17-7-3-4-8-18(17)20(23)25/h3-4,7-9,11-13,22H,5-6,10H2,1-2H3/b21-9+. The lowest BCUT2D eigenvalue weighted by molar-refractivity contribution is 0.0653. The SMILES string of the molecule is COc1cc(N/N=C/CCCN2C(=O)c3ccccc3C2=O)cc(OC)c1. The van der Waals surface area contributed by atoms with E-state index in [-0.39, 0.29) is 11.8 Å². The number of hydrogen-bond acceptors (Lipinski definition) is 6. The average Bonchev–Trinajstić information content (AvgIpc) is 2.95. The molecule has 1 heterocycles. The average molecular weight is 367 g/mol. The minimum atomic E-state index is -0.228. The third-order valence-corrected chi connectivity index (χ3v) is 4.23. The van der Waals surface area contributed by atoms with Crippen LogP contribution in [0.1, 0.15) is 33.6 Å². The highest BCUT2D eigenvalue weighted by atomic mass is 16.5. The van der Waals surface area contributed by atoms with Gasteiger partial charge in [0, 0.05) is 31.0 Å². The van der Waals surface area contributed by atoms with Crippen molar-refractivity contribution in [3.05, 3.63) is 53.6 Å². The number of fused-ring (bicyclic) bond motifs is 1. The van der Waals surface area contributed by atoms with Crippen LogP contribution < -0.4 is 14.9 Å². The number of hydrazone groups is 1. The number of nitrogens with zero attached hydrogens (tertiary/aromatic N) is 2. The Kier molecular flexibility index (Phi) is 5.71. The predicted molar refractivity (Wildman–Crippen MR) is 103 cm³/mol. The number of unbranched alkanes of at least 4 members (excludes halogenated alkanes) is 1. The Morgan fingerprint density at radius 3 is 2.15 bits per heavy atom. The summed E-state index contributed by atoms with van der Waals surface area (Å²) in [7, 11) is 3.17. The number of nitrogens with one attached hydrogen (secondary N) is 1. The lowest BCUT2D eigenvalue weighted by Gasteiger charge is -2.12. The van der Waals surface area contributed by atoms with E-state index < -0.39 is 0 Å². The van der Waals surface area contributed by atoms with Crippen LogP contribution in [-0.4, -0.2) is 43.7 Å². The van der Waals surface area contributed by atoms with E-state index in [9.17, 15) is 9.59 Å². The molecule has 27 heavy (non-hydrogen) atoms. The minimum Gasteiger partial charge on any atom is -0.497 e. The molecule has 0 aliphatic carbocycles. The number of ether oxygens (including phenoxy) is 2. The van der Waals surface area contributed by atoms with Crippen molar-refractivity contribution >= 4 is 23.7 Å². The maximum atomic E-state index is 12.3. The zero-order chi connectivity index (χ0) is 19.2. The molecule has 0 fully saturated rings. The third-order valence-electron chi connectivity index (χ3n) is 4.23. The summed E-state index contributed by atoms with van der Waals surface area (Å²) in [5.74, 6) is 0.874. The molecule has 0 aromatic heterocycles. The van der Waals surface area contributed by atoms with Crippen molar-refractivity contribution < 1.29 is 19.1 Å². The Morgan fingerprint density at radius 2 is 1.59 bits per heavy atom. The number of benzene rings is 2. The predicted octanol–water partition coefficient (Wildman–Crippen LogP) is 3.18. The number of methoxy groups -OCH3 is 2. The highest BCUT2D eigenvalue weighted by molar-refractivity contribution is 6.21. The highest BCUT2D eigenvalue weighted by Crippen LogP contribution is 2.25. The van der Waals surface area contributed by atoms with Crippen LogP contribution in [-0.2, 0) is 0 Å². The van der Waals surface area contributed by atoms with Crippen LogP contribution >= 0.6 is 0 Å². The van der Waals surface area contributed by atoms with E-state index in [4.69, 9.17) is 9.47 Å². The molecule has 2 amide bonds.